The number of fused-ring (bicyclic) bond motifs is 1. The molecule has 2 aromatic rings. The van der Waals surface area contributed by atoms with Crippen molar-refractivity contribution < 1.29 is 116 Å². The van der Waals surface area contributed by atoms with Crippen LogP contribution in [-0.2, 0) is 94.1 Å². The third-order valence-corrected chi connectivity index (χ3v) is 21.8. The molecule has 3 aliphatic rings. The lowest BCUT2D eigenvalue weighted by Gasteiger charge is -2.35. The lowest BCUT2D eigenvalue weighted by molar-refractivity contribution is -0.162. The number of carbonyl (C=O) groups is 14. The Morgan fingerprint density at radius 1 is 0.677 bits per heavy atom. The molecule has 35 heteroatoms. The van der Waals surface area contributed by atoms with Gasteiger partial charge in [0, 0.05) is 26.6 Å². The summed E-state index contributed by atoms with van der Waals surface area (Å²) in [6, 6.07) is 1.51. The lowest BCUT2D eigenvalue weighted by atomic mass is 9.91. The molecule has 0 aromatic heterocycles. The van der Waals surface area contributed by atoms with Crippen molar-refractivity contribution in [1.82, 2.24) is 57.2 Å². The van der Waals surface area contributed by atoms with Gasteiger partial charge in [0.05, 0.1) is 51.4 Å². The molecule has 700 valence electrons. The summed E-state index contributed by atoms with van der Waals surface area (Å²) < 4.78 is 38.7. The quantitative estimate of drug-likeness (QED) is 0.0272. The van der Waals surface area contributed by atoms with Gasteiger partial charge in [0.1, 0.15) is 89.3 Å². The van der Waals surface area contributed by atoms with Gasteiger partial charge in [-0.15, -0.1) is 0 Å². The van der Waals surface area contributed by atoms with Gasteiger partial charge in [0.2, 0.25) is 41.4 Å². The molecule has 0 bridgehead atoms. The number of carboxylic acids is 1. The summed E-state index contributed by atoms with van der Waals surface area (Å²) >= 11 is 0. The summed E-state index contributed by atoms with van der Waals surface area (Å²) in [6.45, 7) is 34.5. The smallest absolute Gasteiger partial charge is 0.408 e. The van der Waals surface area contributed by atoms with E-state index in [1.807, 2.05) is 41.5 Å². The minimum absolute atomic E-state index is 0. The van der Waals surface area contributed by atoms with E-state index in [0.29, 0.717) is 55.6 Å². The second-order valence-corrected chi connectivity index (χ2v) is 35.9. The maximum Gasteiger partial charge on any atom is 0.408 e. The van der Waals surface area contributed by atoms with Crippen molar-refractivity contribution >= 4 is 83.3 Å². The lowest BCUT2D eigenvalue weighted by Crippen LogP contribution is -2.60. The first-order valence-electron chi connectivity index (χ1n) is 42.9. The van der Waals surface area contributed by atoms with E-state index in [9.17, 15) is 82.4 Å². The predicted molar refractivity (Wildman–Crippen MR) is 462 cm³/mol. The number of ether oxygens (including phenoxy) is 7. The fraction of sp³-hybridized carbons (Fsp3) is 0.708. The van der Waals surface area contributed by atoms with Crippen LogP contribution in [0.3, 0.4) is 0 Å². The first kappa shape index (κ1) is 108. The summed E-state index contributed by atoms with van der Waals surface area (Å²) in [4.78, 5) is 195. The molecule has 3 aliphatic heterocycles. The zero-order valence-corrected chi connectivity index (χ0v) is 76.5. The molecule has 0 radical (unpaired) electrons. The average molecular weight is 1750 g/mol. The molecule has 3 heterocycles. The largest absolute Gasteiger partial charge is 0.497 e. The highest BCUT2D eigenvalue weighted by atomic mass is 16.6. The highest BCUT2D eigenvalue weighted by molar-refractivity contribution is 5.97. The first-order valence-corrected chi connectivity index (χ1v) is 42.9. The Labute approximate surface area is 732 Å². The Balaban J connectivity index is 0.000000635. The number of alkyl carbamates (subject to hydrolysis) is 2. The maximum atomic E-state index is 14.5. The number of aliphatic hydroxyl groups excluding tert-OH is 2. The summed E-state index contributed by atoms with van der Waals surface area (Å²) in [6.07, 6.45) is -6.96. The van der Waals surface area contributed by atoms with E-state index < -0.39 is 228 Å². The molecule has 124 heavy (non-hydrogen) atoms. The Kier molecular flexibility index (Phi) is 43.9. The van der Waals surface area contributed by atoms with Crippen molar-refractivity contribution in [2.75, 3.05) is 41.4 Å². The number of aliphatic carboxylic acids is 1. The number of benzene rings is 2. The van der Waals surface area contributed by atoms with E-state index in [0.717, 1.165) is 5.56 Å². The zero-order valence-electron chi connectivity index (χ0n) is 76.5. The van der Waals surface area contributed by atoms with Crippen LogP contribution in [0.15, 0.2) is 48.5 Å². The molecule has 0 spiro atoms. The fourth-order valence-corrected chi connectivity index (χ4v) is 14.6. The number of amides is 10. The number of likely N-dealkylation sites (tertiary alicyclic amines) is 1. The van der Waals surface area contributed by atoms with E-state index in [-0.39, 0.29) is 58.0 Å². The number of esters is 3. The van der Waals surface area contributed by atoms with Crippen LogP contribution in [0.2, 0.25) is 0 Å². The van der Waals surface area contributed by atoms with Gasteiger partial charge in [-0.2, -0.15) is 0 Å². The molecular formula is C89H145N11O24. The van der Waals surface area contributed by atoms with Crippen molar-refractivity contribution in [2.24, 2.45) is 35.5 Å². The highest BCUT2D eigenvalue weighted by Crippen LogP contribution is 2.28. The Bertz CT molecular complexity index is 3850. The summed E-state index contributed by atoms with van der Waals surface area (Å²) in [5, 5.41) is 54.4. The van der Waals surface area contributed by atoms with E-state index in [4.69, 9.17) is 33.2 Å². The number of hydrogen-bond acceptors (Lipinski definition) is 24. The number of nitrogens with zero attached hydrogens (tertiary/aromatic N) is 3. The topological polar surface area (TPSA) is 470 Å². The standard InChI is InChI=1S/C44H70N6O11.C44H71N5O13.CH4/c1-13-26(6)36-33(51)23-34(52)46-35(25(4)5)38(53)45-30(21-24(2)3)40(55)50-20-14-15-31(50)41(56)49(11)32(22-28-16-18-29(59-12)19-17-28)42(57)60-27(7)37(39(54)47-36)48-43(58)61-44(8,9)10;1-13-26(6)35(33(50)23-34(51)61-37(25(4)5)39(53)46-30(21-24(2)3)40(54)49-20-14-15-32(49)41(55)56)47-38(52)36(48-43(58)62-44(8,9)10)27(7)60-42(57)31(45-11)22-28-16-18-29(59-12)19-17-28;/h16-19,24-27,30-33,35-37,51H,13-15,20-23H2,1-12H3,(H,45,53)(H,46,52)(H,47,54)(H,48,58);16-19,24-27,30-33,35-37,45,50H,13-15,20-23H2,1-12H3,(H,46,53)(H,47,52)(H,48,58)(H,55,56);1H4/t26-,27+,30-,31-,32-,33-,35-,36+,37-;26-,27+,30-,31-,32-,33-,35+,36-,37-;/m00./s1. The number of nitrogens with one attached hydrogen (secondary N) is 8. The zero-order chi connectivity index (χ0) is 93.0. The molecule has 0 unspecified atom stereocenters. The second-order valence-electron chi connectivity index (χ2n) is 35.9. The van der Waals surface area contributed by atoms with E-state index in [1.54, 1.807) is 146 Å². The van der Waals surface area contributed by atoms with Gasteiger partial charge < -0.3 is 106 Å². The Hall–Kier alpha value is -9.90. The van der Waals surface area contributed by atoms with Gasteiger partial charge in [0.15, 0.2) is 6.10 Å². The van der Waals surface area contributed by atoms with E-state index in [2.05, 4.69) is 42.5 Å². The normalized spacial score (nSPS) is 22.4. The SMILES string of the molecule is C.CC[C@H](C)[C@@H](NC(=O)[C@@H](NC(=O)OC(C)(C)C)[C@@H](C)OC(=O)[C@H](Cc1ccc(OC)cc1)NC)[C@@H](O)CC(=O)O[C@H](C(=O)N[C@@H](CC(C)C)C(=O)N1CCC[C@H]1C(=O)O)C(C)C.CC[C@H](C)[C@H]1NC(=O)[C@@H](NC(=O)OC(C)(C)C)[C@@H](C)OC(=O)[C@H](Cc2ccc(OC)cc2)N(C)C(=O)[C@@H]2CCCN2C(=O)[C@H](CC(C)C)NC(=O)[C@H](C(C)C)NC(=O)C[C@@H]1O. The molecule has 35 nitrogen and oxygen atoms in total. The number of rotatable bonds is 32. The molecule has 0 aliphatic carbocycles. The van der Waals surface area contributed by atoms with Crippen molar-refractivity contribution in [3.63, 3.8) is 0 Å². The number of likely N-dealkylation sites (N-methyl/N-ethyl adjacent to an activating group) is 2. The van der Waals surface area contributed by atoms with E-state index >= 15 is 0 Å². The maximum absolute atomic E-state index is 14.5. The minimum Gasteiger partial charge on any atom is -0.497 e. The van der Waals surface area contributed by atoms with Gasteiger partial charge in [-0.1, -0.05) is 128 Å². The number of hydrogen-bond donors (Lipinski definition) is 11. The van der Waals surface area contributed by atoms with Crippen molar-refractivity contribution in [3.8, 4) is 11.5 Å². The Morgan fingerprint density at radius 3 is 1.77 bits per heavy atom. The van der Waals surface area contributed by atoms with Crippen LogP contribution in [0.5, 0.6) is 11.5 Å². The molecular weight excluding hydrogens is 1610 g/mol. The van der Waals surface area contributed by atoms with Crippen LogP contribution in [0.25, 0.3) is 0 Å². The second kappa shape index (κ2) is 50.3. The van der Waals surface area contributed by atoms with E-state index in [1.165, 1.54) is 42.7 Å². The number of cyclic esters (lactones) is 1. The first-order chi connectivity index (χ1) is 57.4. The molecule has 3 fully saturated rings. The number of methoxy groups -OCH3 is 2. The molecule has 5 rings (SSSR count). The van der Waals surface area contributed by atoms with Crippen molar-refractivity contribution in [2.45, 2.75) is 331 Å². The monoisotopic (exact) mass is 1750 g/mol. The molecule has 18 atom stereocenters. The predicted octanol–water partition coefficient (Wildman–Crippen LogP) is 6.59. The van der Waals surface area contributed by atoms with Gasteiger partial charge >= 0.3 is 36.1 Å². The van der Waals surface area contributed by atoms with Crippen LogP contribution < -0.4 is 52.0 Å². The number of carboxylic acid groups (broad SMARTS) is 1. The molecule has 11 N–H and O–H groups in total. The van der Waals surface area contributed by atoms with Gasteiger partial charge in [-0.05, 0) is 178 Å². The van der Waals surface area contributed by atoms with Crippen LogP contribution in [-0.4, -0.2) is 263 Å². The summed E-state index contributed by atoms with van der Waals surface area (Å²) in [5.41, 5.74) is -0.451. The van der Waals surface area contributed by atoms with Crippen LogP contribution in [0, 0.1) is 35.5 Å². The minimum atomic E-state index is -1.57. The number of aliphatic hydroxyl groups is 2. The Morgan fingerprint density at radius 2 is 1.25 bits per heavy atom. The number of carbonyl (C=O) groups excluding carboxylic acids is 13. The molecule has 3 saturated heterocycles. The van der Waals surface area contributed by atoms with Crippen molar-refractivity contribution in [1.29, 1.82) is 0 Å². The molecule has 2 aromatic carbocycles. The third kappa shape index (κ3) is 33.9. The highest BCUT2D eigenvalue weighted by Gasteiger charge is 2.46. The van der Waals surface area contributed by atoms with Crippen LogP contribution in [0.1, 0.15) is 221 Å². The van der Waals surface area contributed by atoms with Crippen LogP contribution >= 0.6 is 0 Å². The molecule has 10 amide bonds. The van der Waals surface area contributed by atoms with Gasteiger partial charge in [0.25, 0.3) is 5.91 Å². The fourth-order valence-electron chi connectivity index (χ4n) is 14.6. The summed E-state index contributed by atoms with van der Waals surface area (Å²) in [7, 11) is 6.09. The van der Waals surface area contributed by atoms with Crippen molar-refractivity contribution in [3.05, 3.63) is 59.7 Å². The average Bonchev–Trinajstić information content (AvgIpc) is 1.59. The third-order valence-electron chi connectivity index (χ3n) is 21.8. The van der Waals surface area contributed by atoms with Gasteiger partial charge in [-0.3, -0.25) is 47.9 Å². The summed E-state index contributed by atoms with van der Waals surface area (Å²) in [5.74, 6) is -9.69. The molecule has 0 saturated carbocycles. The van der Waals surface area contributed by atoms with Crippen LogP contribution in [0.4, 0.5) is 9.59 Å². The van der Waals surface area contributed by atoms with Gasteiger partial charge in [-0.25, -0.2) is 19.2 Å².